The zero-order valence-electron chi connectivity index (χ0n) is 19.8. The first-order valence-electron chi connectivity index (χ1n) is 11.5. The Morgan fingerprint density at radius 1 is 1.17 bits per heavy atom. The van der Waals surface area contributed by atoms with Crippen LogP contribution in [-0.4, -0.2) is 38.7 Å². The lowest BCUT2D eigenvalue weighted by molar-refractivity contribution is -0.137. The first kappa shape index (κ1) is 25.2. The zero-order valence-corrected chi connectivity index (χ0v) is 19.8. The lowest BCUT2D eigenvalue weighted by Crippen LogP contribution is -2.40. The summed E-state index contributed by atoms with van der Waals surface area (Å²) in [6, 6.07) is 6.25. The van der Waals surface area contributed by atoms with Crippen molar-refractivity contribution in [1.82, 2.24) is 20.1 Å². The van der Waals surface area contributed by atoms with Crippen LogP contribution in [0.2, 0.25) is 0 Å². The average molecular weight is 502 g/mol. The number of hydrogen-bond donors (Lipinski definition) is 2. The molecule has 2 aromatic heterocycles. The number of benzene rings is 1. The smallest absolute Gasteiger partial charge is 0.416 e. The van der Waals surface area contributed by atoms with E-state index < -0.39 is 23.6 Å². The lowest BCUT2D eigenvalue weighted by Gasteiger charge is -2.29. The number of nitrogens with one attached hydrogen (secondary N) is 1. The minimum Gasteiger partial charge on any atom is -0.474 e. The maximum Gasteiger partial charge on any atom is 0.416 e. The summed E-state index contributed by atoms with van der Waals surface area (Å²) < 4.78 is 48.2. The molecule has 36 heavy (non-hydrogen) atoms. The minimum absolute atomic E-state index is 0.0685. The highest BCUT2D eigenvalue weighted by Crippen LogP contribution is 2.34. The Morgan fingerprint density at radius 3 is 2.50 bits per heavy atom. The van der Waals surface area contributed by atoms with Gasteiger partial charge in [0.2, 0.25) is 5.88 Å². The van der Waals surface area contributed by atoms with E-state index in [1.807, 2.05) is 0 Å². The number of hydrogen-bond acceptors (Lipinski definition) is 5. The number of rotatable bonds is 6. The van der Waals surface area contributed by atoms with Gasteiger partial charge in [-0.3, -0.25) is 14.3 Å². The van der Waals surface area contributed by atoms with Crippen LogP contribution in [-0.2, 0) is 13.2 Å². The molecule has 0 unspecified atom stereocenters. The third-order valence-corrected chi connectivity index (χ3v) is 6.39. The van der Waals surface area contributed by atoms with E-state index in [-0.39, 0.29) is 34.7 Å². The van der Waals surface area contributed by atoms with Gasteiger partial charge < -0.3 is 15.8 Å². The molecule has 8 nitrogen and oxygen atoms in total. The van der Waals surface area contributed by atoms with Gasteiger partial charge in [0, 0.05) is 36.1 Å². The maximum absolute atomic E-state index is 13.6. The van der Waals surface area contributed by atoms with Crippen molar-refractivity contribution in [2.45, 2.75) is 50.9 Å². The number of carbonyl (C=O) groups excluding carboxylic acids is 2. The number of aromatic nitrogens is 3. The summed E-state index contributed by atoms with van der Waals surface area (Å²) in [5.74, 6) is -1.05. The Hall–Kier alpha value is -3.89. The van der Waals surface area contributed by atoms with Crippen LogP contribution in [0.3, 0.4) is 0 Å². The lowest BCUT2D eigenvalue weighted by atomic mass is 9.92. The average Bonchev–Trinajstić information content (AvgIpc) is 3.17. The Morgan fingerprint density at radius 2 is 1.89 bits per heavy atom. The predicted octanol–water partition coefficient (Wildman–Crippen LogP) is 4.03. The molecule has 0 atom stereocenters. The quantitative estimate of drug-likeness (QED) is 0.530. The molecule has 1 saturated carbocycles. The topological polar surface area (TPSA) is 112 Å². The van der Waals surface area contributed by atoms with Crippen LogP contribution >= 0.6 is 0 Å². The number of primary amides is 1. The Kier molecular flexibility index (Phi) is 7.00. The summed E-state index contributed by atoms with van der Waals surface area (Å²) in [6.07, 6.45) is 0.422. The molecule has 1 aliphatic carbocycles. The van der Waals surface area contributed by atoms with E-state index >= 15 is 0 Å². The summed E-state index contributed by atoms with van der Waals surface area (Å²) in [6.45, 7) is 1.75. The van der Waals surface area contributed by atoms with Crippen LogP contribution in [0.15, 0.2) is 42.7 Å². The molecule has 4 rings (SSSR count). The number of aryl methyl sites for hydroxylation is 1. The summed E-state index contributed by atoms with van der Waals surface area (Å²) in [7, 11) is 1.70. The Bertz CT molecular complexity index is 1280. The van der Waals surface area contributed by atoms with Crippen LogP contribution in [0.1, 0.15) is 57.7 Å². The van der Waals surface area contributed by atoms with Crippen LogP contribution in [0, 0.1) is 6.92 Å². The van der Waals surface area contributed by atoms with Gasteiger partial charge in [-0.05, 0) is 68.5 Å². The number of alkyl halides is 3. The molecule has 3 aromatic rings. The fourth-order valence-corrected chi connectivity index (χ4v) is 4.28. The highest BCUT2D eigenvalue weighted by molar-refractivity contribution is 5.96. The van der Waals surface area contributed by atoms with E-state index in [4.69, 9.17) is 10.5 Å². The largest absolute Gasteiger partial charge is 0.474 e. The van der Waals surface area contributed by atoms with Crippen LogP contribution < -0.4 is 15.8 Å². The first-order valence-corrected chi connectivity index (χ1v) is 11.5. The van der Waals surface area contributed by atoms with Crippen molar-refractivity contribution < 1.29 is 27.5 Å². The van der Waals surface area contributed by atoms with Gasteiger partial charge in [0.25, 0.3) is 11.8 Å². The number of nitrogens with two attached hydrogens (primary N) is 1. The summed E-state index contributed by atoms with van der Waals surface area (Å²) >= 11 is 0. The number of amides is 2. The summed E-state index contributed by atoms with van der Waals surface area (Å²) in [5, 5.41) is 6.95. The number of pyridine rings is 1. The fourth-order valence-electron chi connectivity index (χ4n) is 4.28. The van der Waals surface area contributed by atoms with E-state index in [0.29, 0.717) is 36.9 Å². The second kappa shape index (κ2) is 10.00. The van der Waals surface area contributed by atoms with Crippen molar-refractivity contribution >= 4 is 11.8 Å². The molecule has 0 bridgehead atoms. The van der Waals surface area contributed by atoms with Crippen molar-refractivity contribution in [3.05, 3.63) is 65.1 Å². The van der Waals surface area contributed by atoms with Crippen molar-refractivity contribution in [1.29, 1.82) is 0 Å². The number of nitrogens with zero attached hydrogens (tertiary/aromatic N) is 3. The molecule has 2 heterocycles. The van der Waals surface area contributed by atoms with E-state index in [1.165, 1.54) is 24.5 Å². The van der Waals surface area contributed by atoms with Crippen molar-refractivity contribution in [2.24, 2.45) is 12.8 Å². The molecule has 11 heteroatoms. The molecule has 0 aliphatic heterocycles. The van der Waals surface area contributed by atoms with Gasteiger partial charge in [-0.2, -0.15) is 18.3 Å². The van der Waals surface area contributed by atoms with Gasteiger partial charge in [-0.1, -0.05) is 0 Å². The maximum atomic E-state index is 13.6. The third kappa shape index (κ3) is 5.50. The van der Waals surface area contributed by atoms with Gasteiger partial charge in [0.05, 0.1) is 11.8 Å². The van der Waals surface area contributed by atoms with Gasteiger partial charge in [0.1, 0.15) is 11.7 Å². The van der Waals surface area contributed by atoms with Gasteiger partial charge in [-0.15, -0.1) is 0 Å². The van der Waals surface area contributed by atoms with Crippen LogP contribution in [0.4, 0.5) is 13.2 Å². The molecule has 1 aromatic carbocycles. The molecular formula is C25H26F3N5O3. The summed E-state index contributed by atoms with van der Waals surface area (Å²) in [5.41, 5.74) is 6.08. The van der Waals surface area contributed by atoms with Crippen LogP contribution in [0.5, 0.6) is 5.88 Å². The molecule has 2 amide bonds. The van der Waals surface area contributed by atoms with E-state index in [2.05, 4.69) is 15.4 Å². The highest BCUT2D eigenvalue weighted by atomic mass is 19.4. The Balaban J connectivity index is 1.45. The second-order valence-corrected chi connectivity index (χ2v) is 8.85. The van der Waals surface area contributed by atoms with Crippen LogP contribution in [0.25, 0.3) is 11.1 Å². The molecule has 3 N–H and O–H groups in total. The normalized spacial score (nSPS) is 18.0. The van der Waals surface area contributed by atoms with E-state index in [9.17, 15) is 22.8 Å². The first-order chi connectivity index (χ1) is 17.0. The molecule has 0 saturated heterocycles. The molecular weight excluding hydrogens is 475 g/mol. The van der Waals surface area contributed by atoms with Crippen molar-refractivity contribution in [2.75, 3.05) is 0 Å². The standard InChI is InChI=1S/C25H26F3N5O3/c1-14-21(13-31-33(14)2)15-10-16(12-17(11-15)25(26,27)28)23(35)32-18-5-7-19(8-6-18)36-24-20(22(29)34)4-3-9-30-24/h3-4,9-13,18-19H,5-8H2,1-2H3,(H2,29,34)(H,32,35). The zero-order chi connectivity index (χ0) is 26.0. The molecule has 190 valence electrons. The highest BCUT2D eigenvalue weighted by Gasteiger charge is 2.33. The minimum atomic E-state index is -4.61. The number of ether oxygens (including phenoxy) is 1. The van der Waals surface area contributed by atoms with E-state index in [0.717, 1.165) is 12.1 Å². The fraction of sp³-hybridized carbons (Fsp3) is 0.360. The number of halogens is 3. The molecule has 0 radical (unpaired) electrons. The third-order valence-electron chi connectivity index (χ3n) is 6.39. The van der Waals surface area contributed by atoms with Gasteiger partial charge in [0.15, 0.2) is 0 Å². The molecule has 0 spiro atoms. The second-order valence-electron chi connectivity index (χ2n) is 8.85. The van der Waals surface area contributed by atoms with Gasteiger partial charge in [-0.25, -0.2) is 4.98 Å². The SMILES string of the molecule is Cc1c(-c2cc(C(=O)NC3CCC(Oc4ncccc4C(N)=O)CC3)cc(C(F)(F)F)c2)cnn1C. The Labute approximate surface area is 205 Å². The van der Waals surface area contributed by atoms with E-state index in [1.54, 1.807) is 24.7 Å². The molecule has 1 fully saturated rings. The summed E-state index contributed by atoms with van der Waals surface area (Å²) in [4.78, 5) is 28.6. The number of carbonyl (C=O) groups is 2. The monoisotopic (exact) mass is 501 g/mol. The van der Waals surface area contributed by atoms with Gasteiger partial charge >= 0.3 is 6.18 Å². The molecule has 1 aliphatic rings. The van der Waals surface area contributed by atoms with Crippen molar-refractivity contribution in [3.8, 4) is 17.0 Å². The predicted molar refractivity (Wildman–Crippen MR) is 125 cm³/mol. The van der Waals surface area contributed by atoms with Crippen molar-refractivity contribution in [3.63, 3.8) is 0 Å².